The number of primary amides is 1. The third-order valence-corrected chi connectivity index (χ3v) is 5.83. The summed E-state index contributed by atoms with van der Waals surface area (Å²) >= 11 is 0. The second kappa shape index (κ2) is 8.15. The van der Waals surface area contributed by atoms with Gasteiger partial charge in [0.2, 0.25) is 0 Å². The number of amides is 1. The zero-order valence-corrected chi connectivity index (χ0v) is 16.0. The highest BCUT2D eigenvalue weighted by molar-refractivity contribution is 5.97. The van der Waals surface area contributed by atoms with Crippen molar-refractivity contribution in [1.82, 2.24) is 9.47 Å². The van der Waals surface area contributed by atoms with Gasteiger partial charge in [0.1, 0.15) is 11.5 Å². The minimum atomic E-state index is -0.474. The highest BCUT2D eigenvalue weighted by atomic mass is 19.1. The molecule has 1 fully saturated rings. The number of likely N-dealkylation sites (tertiary alicyclic amines) is 1. The predicted octanol–water partition coefficient (Wildman–Crippen LogP) is 3.83. The normalized spacial score (nSPS) is 15.9. The second-order valence-electron chi connectivity index (χ2n) is 7.72. The summed E-state index contributed by atoms with van der Waals surface area (Å²) in [5.41, 5.74) is 8.26. The first-order valence-corrected chi connectivity index (χ1v) is 9.95. The Morgan fingerprint density at radius 3 is 2.50 bits per heavy atom. The molecule has 5 heteroatoms. The minimum Gasteiger partial charge on any atom is -0.364 e. The number of rotatable bonds is 6. The Morgan fingerprint density at radius 2 is 1.79 bits per heavy atom. The maximum atomic E-state index is 13.5. The van der Waals surface area contributed by atoms with Gasteiger partial charge in [0.25, 0.3) is 5.91 Å². The lowest BCUT2D eigenvalue weighted by Crippen LogP contribution is -2.36. The highest BCUT2D eigenvalue weighted by Crippen LogP contribution is 2.23. The van der Waals surface area contributed by atoms with Crippen LogP contribution in [0.5, 0.6) is 0 Å². The lowest BCUT2D eigenvalue weighted by molar-refractivity contribution is 0.0990. The van der Waals surface area contributed by atoms with Gasteiger partial charge < -0.3 is 15.2 Å². The number of aromatic nitrogens is 1. The van der Waals surface area contributed by atoms with Crippen LogP contribution < -0.4 is 5.73 Å². The number of halogens is 1. The summed E-state index contributed by atoms with van der Waals surface area (Å²) in [4.78, 5) is 14.3. The summed E-state index contributed by atoms with van der Waals surface area (Å²) in [5, 5.41) is 0.718. The summed E-state index contributed by atoms with van der Waals surface area (Å²) in [7, 11) is 0. The average Bonchev–Trinajstić information content (AvgIpc) is 3.06. The molecule has 28 heavy (non-hydrogen) atoms. The van der Waals surface area contributed by atoms with Crippen molar-refractivity contribution < 1.29 is 9.18 Å². The molecule has 4 nitrogen and oxygen atoms in total. The molecule has 0 bridgehead atoms. The third-order valence-electron chi connectivity index (χ3n) is 5.83. The largest absolute Gasteiger partial charge is 0.364 e. The van der Waals surface area contributed by atoms with Crippen LogP contribution in [0, 0.1) is 11.7 Å². The molecule has 2 aromatic carbocycles. The summed E-state index contributed by atoms with van der Waals surface area (Å²) in [6, 6.07) is 17.0. The molecule has 1 aromatic heterocycles. The molecule has 0 radical (unpaired) electrons. The van der Waals surface area contributed by atoms with Crippen molar-refractivity contribution in [3.63, 3.8) is 0 Å². The second-order valence-corrected chi connectivity index (χ2v) is 7.72. The van der Waals surface area contributed by atoms with Gasteiger partial charge in [-0.2, -0.15) is 0 Å². The monoisotopic (exact) mass is 379 g/mol. The van der Waals surface area contributed by atoms with E-state index in [2.05, 4.69) is 35.2 Å². The van der Waals surface area contributed by atoms with E-state index in [0.717, 1.165) is 42.9 Å². The van der Waals surface area contributed by atoms with Gasteiger partial charge >= 0.3 is 0 Å². The van der Waals surface area contributed by atoms with E-state index < -0.39 is 5.91 Å². The van der Waals surface area contributed by atoms with Gasteiger partial charge in [-0.15, -0.1) is 0 Å². The first-order chi connectivity index (χ1) is 13.6. The Labute approximate surface area is 164 Å². The molecule has 2 heterocycles. The Bertz CT molecular complexity index is 959. The van der Waals surface area contributed by atoms with Crippen molar-refractivity contribution >= 4 is 16.8 Å². The molecule has 0 unspecified atom stereocenters. The van der Waals surface area contributed by atoms with E-state index in [1.807, 2.05) is 4.57 Å². The first kappa shape index (κ1) is 18.7. The van der Waals surface area contributed by atoms with E-state index in [1.165, 1.54) is 30.5 Å². The standard InChI is InChI=1S/C23H26FN3O/c24-20-6-7-21-19(15-20)16-22(23(25)28)27(21)13-12-26-10-8-18(9-11-26)14-17-4-2-1-3-5-17/h1-7,15-16,18H,8-14H2,(H2,25,28). The van der Waals surface area contributed by atoms with Gasteiger partial charge in [-0.3, -0.25) is 4.79 Å². The fourth-order valence-corrected chi connectivity index (χ4v) is 4.29. The minimum absolute atomic E-state index is 0.304. The number of hydrogen-bond acceptors (Lipinski definition) is 2. The van der Waals surface area contributed by atoms with E-state index in [9.17, 15) is 9.18 Å². The fraction of sp³-hybridized carbons (Fsp3) is 0.348. The molecule has 0 atom stereocenters. The van der Waals surface area contributed by atoms with Gasteiger partial charge in [0.05, 0.1) is 0 Å². The molecule has 1 aliphatic heterocycles. The molecule has 3 aromatic rings. The number of nitrogens with zero attached hydrogens (tertiary/aromatic N) is 2. The summed E-state index contributed by atoms with van der Waals surface area (Å²) in [6.07, 6.45) is 3.53. The van der Waals surface area contributed by atoms with Gasteiger partial charge in [-0.25, -0.2) is 4.39 Å². The van der Waals surface area contributed by atoms with Crippen molar-refractivity contribution in [3.05, 3.63) is 71.7 Å². The number of benzene rings is 2. The summed E-state index contributed by atoms with van der Waals surface area (Å²) in [5.74, 6) is -0.0467. The molecular weight excluding hydrogens is 353 g/mol. The average molecular weight is 379 g/mol. The zero-order chi connectivity index (χ0) is 19.5. The fourth-order valence-electron chi connectivity index (χ4n) is 4.29. The van der Waals surface area contributed by atoms with E-state index in [1.54, 1.807) is 12.1 Å². The molecule has 1 amide bonds. The molecule has 1 saturated heterocycles. The van der Waals surface area contributed by atoms with Crippen molar-refractivity contribution in [2.45, 2.75) is 25.8 Å². The summed E-state index contributed by atoms with van der Waals surface area (Å²) in [6.45, 7) is 3.67. The molecule has 1 aliphatic rings. The Balaban J connectivity index is 1.38. The van der Waals surface area contributed by atoms with Crippen molar-refractivity contribution in [1.29, 1.82) is 0 Å². The Kier molecular flexibility index (Phi) is 5.44. The van der Waals surface area contributed by atoms with Gasteiger partial charge in [-0.05, 0) is 68.1 Å². The Hall–Kier alpha value is -2.66. The smallest absolute Gasteiger partial charge is 0.265 e. The van der Waals surface area contributed by atoms with E-state index >= 15 is 0 Å². The van der Waals surface area contributed by atoms with Gasteiger partial charge in [0.15, 0.2) is 0 Å². The number of piperidine rings is 1. The van der Waals surface area contributed by atoms with Crippen LogP contribution in [-0.4, -0.2) is 35.0 Å². The highest BCUT2D eigenvalue weighted by Gasteiger charge is 2.20. The molecule has 0 saturated carbocycles. The quantitative estimate of drug-likeness (QED) is 0.708. The summed E-state index contributed by atoms with van der Waals surface area (Å²) < 4.78 is 15.4. The molecule has 0 spiro atoms. The van der Waals surface area contributed by atoms with Crippen molar-refractivity contribution in [3.8, 4) is 0 Å². The number of carbonyl (C=O) groups is 1. The lowest BCUT2D eigenvalue weighted by Gasteiger charge is -2.32. The molecule has 4 rings (SSSR count). The predicted molar refractivity (Wildman–Crippen MR) is 110 cm³/mol. The van der Waals surface area contributed by atoms with E-state index in [0.29, 0.717) is 12.2 Å². The van der Waals surface area contributed by atoms with Crippen LogP contribution in [0.3, 0.4) is 0 Å². The number of hydrogen-bond donors (Lipinski definition) is 1. The topological polar surface area (TPSA) is 51.3 Å². The van der Waals surface area contributed by atoms with Crippen LogP contribution >= 0.6 is 0 Å². The maximum absolute atomic E-state index is 13.5. The molecule has 146 valence electrons. The van der Waals surface area contributed by atoms with Crippen LogP contribution in [0.1, 0.15) is 28.9 Å². The van der Waals surface area contributed by atoms with Crippen molar-refractivity contribution in [2.75, 3.05) is 19.6 Å². The zero-order valence-electron chi connectivity index (χ0n) is 16.0. The molecule has 0 aliphatic carbocycles. The van der Waals surface area contributed by atoms with Crippen LogP contribution in [0.4, 0.5) is 4.39 Å². The number of fused-ring (bicyclic) bond motifs is 1. The molecular formula is C23H26FN3O. The number of carbonyl (C=O) groups excluding carboxylic acids is 1. The Morgan fingerprint density at radius 1 is 1.04 bits per heavy atom. The van der Waals surface area contributed by atoms with Crippen molar-refractivity contribution in [2.24, 2.45) is 11.7 Å². The molecule has 2 N–H and O–H groups in total. The SMILES string of the molecule is NC(=O)c1cc2cc(F)ccc2n1CCN1CCC(Cc2ccccc2)CC1. The maximum Gasteiger partial charge on any atom is 0.265 e. The van der Waals surface area contributed by atoms with Crippen LogP contribution in [0.15, 0.2) is 54.6 Å². The van der Waals surface area contributed by atoms with E-state index in [-0.39, 0.29) is 5.82 Å². The van der Waals surface area contributed by atoms with Crippen LogP contribution in [-0.2, 0) is 13.0 Å². The number of nitrogens with two attached hydrogens (primary N) is 1. The third kappa shape index (κ3) is 4.09. The van der Waals surface area contributed by atoms with Gasteiger partial charge in [0, 0.05) is 24.0 Å². The van der Waals surface area contributed by atoms with Crippen LogP contribution in [0.25, 0.3) is 10.9 Å². The lowest BCUT2D eigenvalue weighted by atomic mass is 9.90. The van der Waals surface area contributed by atoms with E-state index in [4.69, 9.17) is 5.73 Å². The van der Waals surface area contributed by atoms with Crippen LogP contribution in [0.2, 0.25) is 0 Å². The first-order valence-electron chi connectivity index (χ1n) is 9.95. The van der Waals surface area contributed by atoms with Gasteiger partial charge in [-0.1, -0.05) is 30.3 Å².